The quantitative estimate of drug-likeness (QED) is 0.100. The summed E-state index contributed by atoms with van der Waals surface area (Å²) in [6.07, 6.45) is 1.20. The fraction of sp³-hybridized carbons (Fsp3) is 0.435. The van der Waals surface area contributed by atoms with Gasteiger partial charge in [-0.25, -0.2) is 11.4 Å². The molecule has 0 spiro atoms. The highest BCUT2D eigenvalue weighted by Crippen LogP contribution is 2.23. The third-order valence-corrected chi connectivity index (χ3v) is 5.29. The van der Waals surface area contributed by atoms with E-state index in [1.807, 2.05) is 25.1 Å². The summed E-state index contributed by atoms with van der Waals surface area (Å²) in [5.74, 6) is -2.76. The van der Waals surface area contributed by atoms with Crippen LogP contribution in [0.3, 0.4) is 0 Å². The van der Waals surface area contributed by atoms with Gasteiger partial charge in [-0.05, 0) is 24.1 Å². The van der Waals surface area contributed by atoms with Gasteiger partial charge in [-0.3, -0.25) is 14.4 Å². The molecule has 2 aromatic rings. The van der Waals surface area contributed by atoms with Gasteiger partial charge in [0.15, 0.2) is 0 Å². The van der Waals surface area contributed by atoms with Crippen molar-refractivity contribution in [2.75, 3.05) is 38.6 Å². The Kier molecular flexibility index (Phi) is 10.6. The SMILES string of the molecule is CN(C)c1ccc2c(CC(=O)NCCCCC([CH-]O[O-])N(CC(=O)O)CC(=O)O)cc(=O)oc2c1. The zero-order valence-electron chi connectivity index (χ0n) is 19.6. The van der Waals surface area contributed by atoms with E-state index in [0.717, 1.165) is 17.2 Å². The number of carboxylic acid groups (broad SMARTS) is 2. The minimum atomic E-state index is -1.23. The number of rotatable bonds is 15. The first-order valence-corrected chi connectivity index (χ1v) is 10.9. The molecule has 192 valence electrons. The molecular weight excluding hydrogens is 462 g/mol. The predicted molar refractivity (Wildman–Crippen MR) is 123 cm³/mol. The number of unbranched alkanes of at least 4 members (excludes halogenated alkanes) is 1. The average molecular weight is 491 g/mol. The molecule has 1 aromatic carbocycles. The van der Waals surface area contributed by atoms with Gasteiger partial charge in [-0.2, -0.15) is 0 Å². The summed E-state index contributed by atoms with van der Waals surface area (Å²) in [6, 6.07) is 5.87. The molecule has 0 saturated heterocycles. The molecule has 0 saturated carbocycles. The number of benzene rings is 1. The Hall–Kier alpha value is -3.48. The third kappa shape index (κ3) is 9.00. The average Bonchev–Trinajstić information content (AvgIpc) is 2.76. The summed E-state index contributed by atoms with van der Waals surface area (Å²) in [6.45, 7) is 0.0231. The van der Waals surface area contributed by atoms with E-state index in [-0.39, 0.29) is 18.7 Å². The largest absolute Gasteiger partial charge is 0.759 e. The van der Waals surface area contributed by atoms with Gasteiger partial charge < -0.3 is 39.9 Å². The van der Waals surface area contributed by atoms with Gasteiger partial charge in [0, 0.05) is 43.8 Å². The van der Waals surface area contributed by atoms with E-state index >= 15 is 0 Å². The summed E-state index contributed by atoms with van der Waals surface area (Å²) in [5.41, 5.74) is 1.23. The molecule has 0 fully saturated rings. The minimum Gasteiger partial charge on any atom is -0.759 e. The van der Waals surface area contributed by atoms with Gasteiger partial charge in [0.25, 0.3) is 0 Å². The molecule has 12 nitrogen and oxygen atoms in total. The number of carboxylic acids is 2. The summed E-state index contributed by atoms with van der Waals surface area (Å²) >= 11 is 0. The molecule has 1 amide bonds. The highest BCUT2D eigenvalue weighted by molar-refractivity contribution is 5.88. The first-order valence-electron chi connectivity index (χ1n) is 10.9. The van der Waals surface area contributed by atoms with Crippen LogP contribution in [0.25, 0.3) is 11.0 Å². The van der Waals surface area contributed by atoms with E-state index in [2.05, 4.69) is 10.2 Å². The standard InChI is InChI=1S/C23H30N3O9/c1-25(2)16-6-7-18-15(10-23(32)35-19(18)11-16)9-20(27)24-8-4-3-5-17(14-34-33)26(12-21(28)29)13-22(30)31/h6-7,10-11,14,17,33H,3-5,8-9,12-13H2,1-2H3,(H,24,27)(H,28,29)(H,30,31)/q-1/p-1. The van der Waals surface area contributed by atoms with E-state index in [0.29, 0.717) is 35.9 Å². The van der Waals surface area contributed by atoms with Crippen molar-refractivity contribution in [3.63, 3.8) is 0 Å². The Morgan fingerprint density at radius 1 is 1.14 bits per heavy atom. The van der Waals surface area contributed by atoms with Crippen LogP contribution in [0, 0.1) is 6.61 Å². The van der Waals surface area contributed by atoms with Crippen molar-refractivity contribution in [3.8, 4) is 0 Å². The Balaban J connectivity index is 1.90. The van der Waals surface area contributed by atoms with Crippen LogP contribution in [-0.4, -0.2) is 72.7 Å². The number of carbonyl (C=O) groups excluding carboxylic acids is 1. The number of fused-ring (bicyclic) bond motifs is 1. The fourth-order valence-corrected chi connectivity index (χ4v) is 3.62. The number of nitrogens with one attached hydrogen (secondary N) is 1. The van der Waals surface area contributed by atoms with Crippen molar-refractivity contribution in [3.05, 3.63) is 46.9 Å². The first-order chi connectivity index (χ1) is 16.6. The molecular formula is C23H29N3O9-2. The van der Waals surface area contributed by atoms with Crippen molar-refractivity contribution in [2.45, 2.75) is 31.7 Å². The van der Waals surface area contributed by atoms with Crippen molar-refractivity contribution in [2.24, 2.45) is 0 Å². The number of hydrogen-bond acceptors (Lipinski definition) is 9. The van der Waals surface area contributed by atoms with Crippen molar-refractivity contribution in [1.82, 2.24) is 10.2 Å². The molecule has 1 unspecified atom stereocenters. The maximum atomic E-state index is 12.4. The molecule has 2 rings (SSSR count). The highest BCUT2D eigenvalue weighted by Gasteiger charge is 2.18. The second-order valence-electron chi connectivity index (χ2n) is 8.18. The van der Waals surface area contributed by atoms with Crippen LogP contribution in [0.1, 0.15) is 24.8 Å². The summed E-state index contributed by atoms with van der Waals surface area (Å²) in [7, 11) is 3.72. The number of amides is 1. The third-order valence-electron chi connectivity index (χ3n) is 5.29. The lowest BCUT2D eigenvalue weighted by molar-refractivity contribution is -0.676. The van der Waals surface area contributed by atoms with E-state index in [1.165, 1.54) is 6.07 Å². The molecule has 0 aliphatic rings. The maximum Gasteiger partial charge on any atom is 0.336 e. The van der Waals surface area contributed by atoms with Crippen LogP contribution < -0.4 is 21.1 Å². The van der Waals surface area contributed by atoms with Crippen molar-refractivity contribution >= 4 is 34.5 Å². The van der Waals surface area contributed by atoms with Crippen LogP contribution in [-0.2, 0) is 25.7 Å². The number of aliphatic carboxylic acids is 2. The lowest BCUT2D eigenvalue weighted by Crippen LogP contribution is -2.43. The molecule has 12 heteroatoms. The van der Waals surface area contributed by atoms with E-state index in [9.17, 15) is 24.4 Å². The van der Waals surface area contributed by atoms with Gasteiger partial charge in [0.1, 0.15) is 5.58 Å². The molecule has 3 N–H and O–H groups in total. The van der Waals surface area contributed by atoms with E-state index in [1.54, 1.807) is 12.1 Å². The predicted octanol–water partition coefficient (Wildman–Crippen LogP) is -0.0185. The van der Waals surface area contributed by atoms with Crippen LogP contribution in [0.5, 0.6) is 0 Å². The van der Waals surface area contributed by atoms with E-state index < -0.39 is 36.7 Å². The summed E-state index contributed by atoms with van der Waals surface area (Å²) in [5, 5.41) is 32.0. The molecule has 1 heterocycles. The number of hydrogen-bond donors (Lipinski definition) is 3. The topological polar surface area (TPSA) is 173 Å². The molecule has 0 bridgehead atoms. The monoisotopic (exact) mass is 491 g/mol. The van der Waals surface area contributed by atoms with E-state index in [4.69, 9.17) is 14.6 Å². The van der Waals surface area contributed by atoms with Gasteiger partial charge in [-0.1, -0.05) is 18.9 Å². The number of nitrogens with zero attached hydrogens (tertiary/aromatic N) is 2. The molecule has 0 aliphatic heterocycles. The first kappa shape index (κ1) is 27.8. The highest BCUT2D eigenvalue weighted by atomic mass is 17.1. The van der Waals surface area contributed by atoms with Gasteiger partial charge >= 0.3 is 17.6 Å². The van der Waals surface area contributed by atoms with Crippen LogP contribution in [0.4, 0.5) is 5.69 Å². The van der Waals surface area contributed by atoms with Crippen molar-refractivity contribution in [1.29, 1.82) is 0 Å². The molecule has 1 atom stereocenters. The van der Waals surface area contributed by atoms with Crippen LogP contribution in [0.15, 0.2) is 33.5 Å². The zero-order chi connectivity index (χ0) is 26.0. The lowest BCUT2D eigenvalue weighted by Gasteiger charge is -2.38. The number of carbonyl (C=O) groups is 3. The van der Waals surface area contributed by atoms with Gasteiger partial charge in [0.05, 0.1) is 19.5 Å². The summed E-state index contributed by atoms with van der Waals surface area (Å²) < 4.78 is 5.27. The Morgan fingerprint density at radius 3 is 2.43 bits per heavy atom. The Morgan fingerprint density at radius 2 is 1.83 bits per heavy atom. The second-order valence-corrected chi connectivity index (χ2v) is 8.18. The van der Waals surface area contributed by atoms with Crippen LogP contribution >= 0.6 is 0 Å². The van der Waals surface area contributed by atoms with Crippen LogP contribution in [0.2, 0.25) is 0 Å². The van der Waals surface area contributed by atoms with Crippen molar-refractivity contribution < 1.29 is 39.2 Å². The summed E-state index contributed by atoms with van der Waals surface area (Å²) in [4.78, 5) is 53.1. The maximum absolute atomic E-state index is 12.4. The molecule has 0 aliphatic carbocycles. The Bertz CT molecular complexity index is 1070. The lowest BCUT2D eigenvalue weighted by atomic mass is 10.1. The fourth-order valence-electron chi connectivity index (χ4n) is 3.62. The second kappa shape index (κ2) is 13.4. The molecule has 0 radical (unpaired) electrons. The normalized spacial score (nSPS) is 12.0. The Labute approximate surface area is 201 Å². The number of anilines is 1. The van der Waals surface area contributed by atoms with Gasteiger partial charge in [0.2, 0.25) is 5.91 Å². The zero-order valence-corrected chi connectivity index (χ0v) is 19.6. The molecule has 1 aromatic heterocycles. The minimum absolute atomic E-state index is 0.0190. The smallest absolute Gasteiger partial charge is 0.336 e. The van der Waals surface area contributed by atoms with Gasteiger partial charge in [-0.15, -0.1) is 0 Å². The molecule has 35 heavy (non-hydrogen) atoms.